The molecule has 7 unspecified atom stereocenters. The van der Waals surface area contributed by atoms with Crippen molar-refractivity contribution < 1.29 is 54.9 Å². The first-order valence-electron chi connectivity index (χ1n) is 51.8. The Balaban J connectivity index is 0.000000340. The number of unbranched alkanes of at least 4 members (excludes halogenated alkanes) is 1. The van der Waals surface area contributed by atoms with Crippen molar-refractivity contribution in [3.63, 3.8) is 0 Å². The van der Waals surface area contributed by atoms with Gasteiger partial charge < -0.3 is 35.5 Å². The second kappa shape index (κ2) is 60.3. The largest absolute Gasteiger partial charge is 0.416 e. The number of aryl methyl sites for hydroxylation is 6. The lowest BCUT2D eigenvalue weighted by Gasteiger charge is -2.52. The van der Waals surface area contributed by atoms with Crippen molar-refractivity contribution in [3.05, 3.63) is 249 Å². The molecule has 0 saturated carbocycles. The molecular formula is C115H189Cl3N4O12Si6. The number of rotatable bonds is 36. The molecule has 4 fully saturated rings. The Bertz CT molecular complexity index is 4360. The zero-order valence-corrected chi connectivity index (χ0v) is 102. The number of halogens is 3. The second-order valence-electron chi connectivity index (χ2n) is 44.6. The van der Waals surface area contributed by atoms with E-state index in [4.69, 9.17) is 76.3 Å². The van der Waals surface area contributed by atoms with E-state index in [0.717, 1.165) is 63.1 Å². The molecule has 0 spiro atoms. The summed E-state index contributed by atoms with van der Waals surface area (Å²) in [7, 11) is -3.73. The van der Waals surface area contributed by atoms with Crippen LogP contribution < -0.4 is 0 Å². The molecule has 25 heteroatoms. The summed E-state index contributed by atoms with van der Waals surface area (Å²) in [6.45, 7) is 65.5. The van der Waals surface area contributed by atoms with E-state index in [9.17, 15) is 13.4 Å². The monoisotopic (exact) mass is 2090 g/mol. The molecule has 11 rings (SSSR count). The molecule has 4 aliphatic rings. The van der Waals surface area contributed by atoms with E-state index in [0.29, 0.717) is 17.7 Å². The summed E-state index contributed by atoms with van der Waals surface area (Å²) in [5.41, 5.74) is 16.2. The Kier molecular flexibility index (Phi) is 55.1. The van der Waals surface area contributed by atoms with Crippen LogP contribution >= 0.6 is 34.8 Å². The van der Waals surface area contributed by atoms with Crippen LogP contribution in [0.25, 0.3) is 0 Å². The van der Waals surface area contributed by atoms with Gasteiger partial charge in [-0.2, -0.15) is 20.3 Å². The van der Waals surface area contributed by atoms with Crippen molar-refractivity contribution in [2.45, 2.75) is 426 Å². The Hall–Kier alpha value is -4.41. The van der Waals surface area contributed by atoms with E-state index in [-0.39, 0.29) is 74.1 Å². The fourth-order valence-electron chi connectivity index (χ4n) is 19.6. The first-order chi connectivity index (χ1) is 65.4. The summed E-state index contributed by atoms with van der Waals surface area (Å²) >= 11 is 17.5. The van der Waals surface area contributed by atoms with Crippen molar-refractivity contribution >= 4 is 83.4 Å². The number of nitrogens with zero attached hydrogens (tertiary/aromatic N) is 4. The molecule has 4 heterocycles. The van der Waals surface area contributed by atoms with Crippen molar-refractivity contribution in [3.8, 4) is 0 Å². The summed E-state index contributed by atoms with van der Waals surface area (Å²) in [4.78, 5) is 26.0. The number of hydrogen-bond acceptors (Lipinski definition) is 16. The van der Waals surface area contributed by atoms with Crippen molar-refractivity contribution in [1.82, 2.24) is 20.3 Å². The predicted octanol–water partition coefficient (Wildman–Crippen LogP) is 32.3. The normalized spacial score (nSPS) is 19.1. The SMILES string of the molecule is CCc1ccc(C)cc1.CO[Si](C)(CCCCC(Cl)c1ccccc1)[Si](C)=O.CO[Si](CCCCl)(OC)[Si](C)=O.CO[Si](CCCCl)(OC)[Si](C)=O.Cc1ccc(C(C)CC(ON2C(C)(C)CCCC2(C)C)c2ccccc2)cc1.Cc1ccc(C(C)ON2C(C)(C)CCCC2(C)C)cc1.Cc1ccc(C(C)ON2C(C)(C)CCCC2(C)C)cc1.Cc1ccc(C(C)ON2C(C)(C)CCCC2(C)C)cc1. The van der Waals surface area contributed by atoms with Crippen LogP contribution in [-0.2, 0) is 61.3 Å². The van der Waals surface area contributed by atoms with E-state index >= 15 is 0 Å². The van der Waals surface area contributed by atoms with E-state index < -0.39 is 48.6 Å². The molecule has 786 valence electrons. The fraction of sp³-hybridized carbons (Fsp3) is 0.635. The summed E-state index contributed by atoms with van der Waals surface area (Å²) < 4.78 is 61.0. The van der Waals surface area contributed by atoms with Crippen LogP contribution in [0.5, 0.6) is 0 Å². The van der Waals surface area contributed by atoms with Crippen LogP contribution in [0.2, 0.25) is 44.3 Å². The van der Waals surface area contributed by atoms with Gasteiger partial charge in [0.25, 0.3) is 8.20 Å². The standard InChI is InChI=1S/C26H37NO.3C18H29NO.C14H23ClO2Si2.C9H12.2C6H15ClO3Si2/c1-20-13-15-22(16-14-20)21(2)19-24(23-11-8-7-9-12-23)28-27-25(3,4)17-10-18-26(27,5)6;3*1-14-8-10-16(11-9-14)15(2)20-19-17(3,4)12-7-13-18(19,5)6;1-17-19(3,18(2)16)12-8-7-11-14(15)13-9-5-4-6-10-13;1-3-9-6-4-8(2)5-7-9;2*1-9-12(10-2,11(3)8)6-4-5-7/h7-9,11-16,21,24H,10,17-19H2,1-6H3;3*8-11,15H,7,12-13H2,1-6H3;4-6,9-10,14H,7-8,11-12H2,1-3H3;4-7H,3H2,1-2H3;2*4-6H2,1-3H3. The van der Waals surface area contributed by atoms with Crippen LogP contribution in [0.1, 0.15) is 363 Å². The molecule has 0 amide bonds. The maximum Gasteiger partial charge on any atom is 0.384 e. The molecule has 0 bridgehead atoms. The Morgan fingerprint density at radius 2 is 0.600 bits per heavy atom. The van der Waals surface area contributed by atoms with Gasteiger partial charge in [-0.05, 0) is 365 Å². The second-order valence-corrected chi connectivity index (χ2v) is 72.3. The van der Waals surface area contributed by atoms with E-state index in [1.54, 1.807) is 48.6 Å². The van der Waals surface area contributed by atoms with Crippen molar-refractivity contribution in [1.29, 1.82) is 0 Å². The topological polar surface area (TPSA) is 147 Å². The smallest absolute Gasteiger partial charge is 0.384 e. The lowest BCUT2D eigenvalue weighted by Crippen LogP contribution is -2.58. The number of hydrogen-bond donors (Lipinski definition) is 0. The third-order valence-electron chi connectivity index (χ3n) is 28.7. The van der Waals surface area contributed by atoms with E-state index in [1.807, 2.05) is 24.7 Å². The number of alkyl halides is 3. The molecule has 0 radical (unpaired) electrons. The number of benzene rings is 7. The average molecular weight is 2090 g/mol. The van der Waals surface area contributed by atoms with Crippen LogP contribution in [0.15, 0.2) is 182 Å². The molecule has 7 atom stereocenters. The van der Waals surface area contributed by atoms with Gasteiger partial charge in [0.1, 0.15) is 24.4 Å². The highest BCUT2D eigenvalue weighted by atomic mass is 35.5. The third kappa shape index (κ3) is 41.3. The van der Waals surface area contributed by atoms with Crippen LogP contribution in [-0.4, -0.2) is 160 Å². The minimum absolute atomic E-state index is 0.0435. The molecule has 0 aromatic heterocycles. The molecule has 140 heavy (non-hydrogen) atoms. The number of piperidine rings is 4. The van der Waals surface area contributed by atoms with E-state index in [2.05, 4.69) is 371 Å². The Morgan fingerprint density at radius 3 is 0.850 bits per heavy atom. The third-order valence-corrected chi connectivity index (χ3v) is 56.4. The van der Waals surface area contributed by atoms with Gasteiger partial charge in [-0.25, -0.2) is 0 Å². The Morgan fingerprint density at radius 1 is 0.336 bits per heavy atom. The average Bonchev–Trinajstić information content (AvgIpc) is 0.791. The lowest BCUT2D eigenvalue weighted by molar-refractivity contribution is -0.308. The summed E-state index contributed by atoms with van der Waals surface area (Å²) in [6, 6.07) is 66.9. The first-order valence-corrected chi connectivity index (χ1v) is 68.7. The maximum absolute atomic E-state index is 11.7. The van der Waals surface area contributed by atoms with Crippen LogP contribution in [0, 0.1) is 34.6 Å². The highest BCUT2D eigenvalue weighted by molar-refractivity contribution is 7.23. The molecule has 0 aliphatic carbocycles. The van der Waals surface area contributed by atoms with Gasteiger partial charge in [0.15, 0.2) is 0 Å². The quantitative estimate of drug-likeness (QED) is 0.0208. The maximum atomic E-state index is 11.7. The molecule has 0 N–H and O–H groups in total. The van der Waals surface area contributed by atoms with Crippen LogP contribution in [0.3, 0.4) is 0 Å². The molecule has 7 aromatic rings. The summed E-state index contributed by atoms with van der Waals surface area (Å²) in [6.07, 6.45) is 21.7. The van der Waals surface area contributed by atoms with Gasteiger partial charge >= 0.3 is 32.6 Å². The number of hydroxylamine groups is 8. The summed E-state index contributed by atoms with van der Waals surface area (Å²) in [5, 5.41) is 9.12. The Labute approximate surface area is 874 Å². The van der Waals surface area contributed by atoms with Gasteiger partial charge in [0.2, 0.25) is 7.83 Å². The molecular weight excluding hydrogens is 1900 g/mol. The van der Waals surface area contributed by atoms with Crippen molar-refractivity contribution in [2.75, 3.05) is 47.3 Å². The molecule has 4 saturated heterocycles. The molecule has 16 nitrogen and oxygen atoms in total. The predicted molar refractivity (Wildman–Crippen MR) is 602 cm³/mol. The minimum atomic E-state index is -2.38. The van der Waals surface area contributed by atoms with Gasteiger partial charge in [0, 0.05) is 91.6 Å². The zero-order valence-electron chi connectivity index (χ0n) is 93.6. The van der Waals surface area contributed by atoms with Crippen LogP contribution in [0.4, 0.5) is 0 Å². The molecule has 4 aliphatic heterocycles. The fourth-order valence-corrected chi connectivity index (χ4v) is 35.7. The zero-order chi connectivity index (χ0) is 105. The van der Waals surface area contributed by atoms with E-state index in [1.165, 1.54) is 144 Å². The van der Waals surface area contributed by atoms with Gasteiger partial charge in [-0.3, -0.25) is 19.4 Å². The van der Waals surface area contributed by atoms with Gasteiger partial charge in [-0.1, -0.05) is 236 Å². The van der Waals surface area contributed by atoms with Gasteiger partial charge in [-0.15, -0.1) is 34.8 Å². The van der Waals surface area contributed by atoms with Gasteiger partial charge in [0.05, 0.1) is 5.38 Å². The van der Waals surface area contributed by atoms with Crippen molar-refractivity contribution in [2.24, 2.45) is 0 Å². The first kappa shape index (κ1) is 128. The minimum Gasteiger partial charge on any atom is -0.416 e. The lowest BCUT2D eigenvalue weighted by atomic mass is 9.82. The highest BCUT2D eigenvalue weighted by Gasteiger charge is 2.49. The highest BCUT2D eigenvalue weighted by Crippen LogP contribution is 2.46. The molecule has 7 aromatic carbocycles. The summed E-state index contributed by atoms with van der Waals surface area (Å²) in [5.74, 6) is 1.56.